The number of aryl methyl sites for hydroxylation is 1. The molecule has 0 radical (unpaired) electrons. The van der Waals surface area contributed by atoms with Crippen LogP contribution in [0.3, 0.4) is 0 Å². The number of carbonyl (C=O) groups is 2. The van der Waals surface area contributed by atoms with Crippen molar-refractivity contribution in [3.05, 3.63) is 59.2 Å². The molecule has 0 aromatic heterocycles. The maximum Gasteiger partial charge on any atom is 0.222 e. The fraction of sp³-hybridized carbons (Fsp3) is 0.364. The molecule has 2 unspecified atom stereocenters. The summed E-state index contributed by atoms with van der Waals surface area (Å²) in [6, 6.07) is 12.6. The molecular weight excluding hydrogens is 356 g/mol. The number of carbonyl (C=O) groups excluding carboxylic acids is 2. The smallest absolute Gasteiger partial charge is 0.222 e. The maximum absolute atomic E-state index is 12.7. The summed E-state index contributed by atoms with van der Waals surface area (Å²) in [5.74, 6) is 1.01. The Bertz CT molecular complexity index is 818. The quantitative estimate of drug-likeness (QED) is 0.731. The highest BCUT2D eigenvalue weighted by atomic mass is 16.5. The third kappa shape index (κ3) is 5.74. The van der Waals surface area contributed by atoms with Crippen LogP contribution in [0.2, 0.25) is 0 Å². The Kier molecular flexibility index (Phi) is 7.44. The van der Waals surface area contributed by atoms with E-state index in [-0.39, 0.29) is 24.3 Å². The highest BCUT2D eigenvalue weighted by Crippen LogP contribution is 2.29. The molecule has 28 heavy (non-hydrogen) atoms. The Balaban J connectivity index is 2.13. The van der Waals surface area contributed by atoms with Gasteiger partial charge < -0.3 is 20.1 Å². The van der Waals surface area contributed by atoms with Gasteiger partial charge in [-0.15, -0.1) is 0 Å². The van der Waals surface area contributed by atoms with E-state index in [2.05, 4.69) is 10.6 Å². The molecule has 2 aromatic carbocycles. The van der Waals surface area contributed by atoms with Gasteiger partial charge in [-0.1, -0.05) is 29.8 Å². The van der Waals surface area contributed by atoms with Crippen LogP contribution >= 0.6 is 0 Å². The second-order valence-corrected chi connectivity index (χ2v) is 6.76. The number of hydrogen-bond acceptors (Lipinski definition) is 4. The predicted molar refractivity (Wildman–Crippen MR) is 108 cm³/mol. The van der Waals surface area contributed by atoms with Crippen LogP contribution in [0.25, 0.3) is 0 Å². The Morgan fingerprint density at radius 2 is 1.68 bits per heavy atom. The van der Waals surface area contributed by atoms with Gasteiger partial charge in [-0.25, -0.2) is 0 Å². The van der Waals surface area contributed by atoms with E-state index >= 15 is 0 Å². The van der Waals surface area contributed by atoms with Crippen molar-refractivity contribution >= 4 is 11.8 Å². The van der Waals surface area contributed by atoms with Crippen molar-refractivity contribution in [2.24, 2.45) is 0 Å². The summed E-state index contributed by atoms with van der Waals surface area (Å²) in [5, 5.41) is 5.84. The van der Waals surface area contributed by atoms with Crippen molar-refractivity contribution in [2.75, 3.05) is 14.2 Å². The number of ether oxygens (including phenoxy) is 2. The largest absolute Gasteiger partial charge is 0.497 e. The monoisotopic (exact) mass is 384 g/mol. The zero-order valence-electron chi connectivity index (χ0n) is 17.0. The molecule has 2 aromatic rings. The van der Waals surface area contributed by atoms with Crippen LogP contribution < -0.4 is 20.1 Å². The second-order valence-electron chi connectivity index (χ2n) is 6.76. The van der Waals surface area contributed by atoms with Gasteiger partial charge in [-0.3, -0.25) is 9.59 Å². The van der Waals surface area contributed by atoms with Gasteiger partial charge in [-0.2, -0.15) is 0 Å². The molecule has 0 aliphatic carbocycles. The number of hydrogen-bond donors (Lipinski definition) is 2. The Morgan fingerprint density at radius 1 is 1.00 bits per heavy atom. The molecule has 6 heteroatoms. The number of nitrogens with one attached hydrogen (secondary N) is 2. The third-order valence-corrected chi connectivity index (χ3v) is 4.53. The lowest BCUT2D eigenvalue weighted by atomic mass is 10.0. The molecule has 6 nitrogen and oxygen atoms in total. The van der Waals surface area contributed by atoms with Gasteiger partial charge in [0.1, 0.15) is 11.5 Å². The first kappa shape index (κ1) is 21.3. The fourth-order valence-electron chi connectivity index (χ4n) is 3.04. The summed E-state index contributed by atoms with van der Waals surface area (Å²) < 4.78 is 10.7. The Labute approximate surface area is 166 Å². The number of amides is 2. The highest BCUT2D eigenvalue weighted by Gasteiger charge is 2.20. The van der Waals surface area contributed by atoms with Crippen LogP contribution in [0.4, 0.5) is 0 Å². The summed E-state index contributed by atoms with van der Waals surface area (Å²) >= 11 is 0. The standard InChI is InChI=1S/C22H28N2O4/c1-14-6-8-17(9-7-14)20(24-16(3)25)13-22(26)23-15(2)19-12-18(27-4)10-11-21(19)28-5/h6-12,15,20H,13H2,1-5H3,(H,23,26)(H,24,25). The molecular formula is C22H28N2O4. The van der Waals surface area contributed by atoms with Gasteiger partial charge in [0.2, 0.25) is 11.8 Å². The lowest BCUT2D eigenvalue weighted by Gasteiger charge is -2.21. The second kappa shape index (κ2) is 9.78. The highest BCUT2D eigenvalue weighted by molar-refractivity contribution is 5.79. The van der Waals surface area contributed by atoms with E-state index in [9.17, 15) is 9.59 Å². The summed E-state index contributed by atoms with van der Waals surface area (Å²) in [6.45, 7) is 5.32. The SMILES string of the molecule is COc1ccc(OC)c(C(C)NC(=O)CC(NC(C)=O)c2ccc(C)cc2)c1. The van der Waals surface area contributed by atoms with Crippen molar-refractivity contribution in [3.63, 3.8) is 0 Å². The first-order valence-electron chi connectivity index (χ1n) is 9.19. The van der Waals surface area contributed by atoms with Crippen LogP contribution in [0, 0.1) is 6.92 Å². The van der Waals surface area contributed by atoms with E-state index in [4.69, 9.17) is 9.47 Å². The van der Waals surface area contributed by atoms with Crippen LogP contribution in [0.5, 0.6) is 11.5 Å². The molecule has 150 valence electrons. The van der Waals surface area contributed by atoms with Gasteiger partial charge in [-0.05, 0) is 37.6 Å². The molecule has 2 rings (SSSR count). The zero-order chi connectivity index (χ0) is 20.7. The number of benzene rings is 2. The van der Waals surface area contributed by atoms with Crippen LogP contribution in [0.1, 0.15) is 49.0 Å². The first-order valence-corrected chi connectivity index (χ1v) is 9.19. The van der Waals surface area contributed by atoms with Crippen molar-refractivity contribution in [2.45, 2.75) is 39.3 Å². The average molecular weight is 384 g/mol. The van der Waals surface area contributed by atoms with E-state index in [1.165, 1.54) is 6.92 Å². The number of rotatable bonds is 8. The normalized spacial score (nSPS) is 12.6. The molecule has 0 fully saturated rings. The minimum absolute atomic E-state index is 0.138. The summed E-state index contributed by atoms with van der Waals surface area (Å²) in [4.78, 5) is 24.3. The molecule has 0 saturated heterocycles. The Hall–Kier alpha value is -3.02. The van der Waals surface area contributed by atoms with E-state index < -0.39 is 6.04 Å². The van der Waals surface area contributed by atoms with Gasteiger partial charge in [0.05, 0.1) is 32.7 Å². The lowest BCUT2D eigenvalue weighted by Crippen LogP contribution is -2.33. The molecule has 2 N–H and O–H groups in total. The molecule has 2 atom stereocenters. The molecule has 0 aliphatic rings. The zero-order valence-corrected chi connectivity index (χ0v) is 17.0. The van der Waals surface area contributed by atoms with Gasteiger partial charge in [0.25, 0.3) is 0 Å². The molecule has 0 saturated carbocycles. The first-order chi connectivity index (χ1) is 13.3. The summed E-state index contributed by atoms with van der Waals surface area (Å²) in [7, 11) is 3.18. The predicted octanol–water partition coefficient (Wildman–Crippen LogP) is 3.46. The fourth-order valence-corrected chi connectivity index (χ4v) is 3.04. The van der Waals surface area contributed by atoms with E-state index in [1.54, 1.807) is 20.3 Å². The van der Waals surface area contributed by atoms with Crippen molar-refractivity contribution in [1.82, 2.24) is 10.6 Å². The van der Waals surface area contributed by atoms with E-state index in [0.717, 1.165) is 16.7 Å². The molecule has 0 bridgehead atoms. The summed E-state index contributed by atoms with van der Waals surface area (Å²) in [6.07, 6.45) is 0.138. The average Bonchev–Trinajstić information content (AvgIpc) is 2.67. The van der Waals surface area contributed by atoms with E-state index in [0.29, 0.717) is 11.5 Å². The topological polar surface area (TPSA) is 76.7 Å². The van der Waals surface area contributed by atoms with Crippen LogP contribution in [-0.4, -0.2) is 26.0 Å². The molecule has 0 heterocycles. The Morgan fingerprint density at radius 3 is 2.25 bits per heavy atom. The van der Waals surface area contributed by atoms with Crippen LogP contribution in [-0.2, 0) is 9.59 Å². The van der Waals surface area contributed by atoms with Crippen molar-refractivity contribution in [3.8, 4) is 11.5 Å². The molecule has 0 aliphatic heterocycles. The van der Waals surface area contributed by atoms with Crippen molar-refractivity contribution in [1.29, 1.82) is 0 Å². The van der Waals surface area contributed by atoms with Gasteiger partial charge >= 0.3 is 0 Å². The lowest BCUT2D eigenvalue weighted by molar-refractivity contribution is -0.123. The maximum atomic E-state index is 12.7. The summed E-state index contributed by atoms with van der Waals surface area (Å²) in [5.41, 5.74) is 2.83. The van der Waals surface area contributed by atoms with Gasteiger partial charge in [0, 0.05) is 12.5 Å². The minimum Gasteiger partial charge on any atom is -0.497 e. The van der Waals surface area contributed by atoms with Crippen molar-refractivity contribution < 1.29 is 19.1 Å². The minimum atomic E-state index is -0.391. The number of methoxy groups -OCH3 is 2. The third-order valence-electron chi connectivity index (χ3n) is 4.53. The van der Waals surface area contributed by atoms with Crippen LogP contribution in [0.15, 0.2) is 42.5 Å². The van der Waals surface area contributed by atoms with Gasteiger partial charge in [0.15, 0.2) is 0 Å². The molecule has 2 amide bonds. The van der Waals surface area contributed by atoms with E-state index in [1.807, 2.05) is 50.2 Å². The molecule has 0 spiro atoms.